The van der Waals surface area contributed by atoms with Crippen molar-refractivity contribution in [1.29, 1.82) is 0 Å². The molecule has 0 rings (SSSR count). The van der Waals surface area contributed by atoms with Crippen molar-refractivity contribution in [3.8, 4) is 0 Å². The smallest absolute Gasteiger partial charge is 0.362 e. The lowest BCUT2D eigenvalue weighted by Crippen LogP contribution is -2.49. The van der Waals surface area contributed by atoms with Crippen LogP contribution < -0.4 is 0 Å². The average molecular weight is 489 g/mol. The van der Waals surface area contributed by atoms with Crippen LogP contribution in [0.5, 0.6) is 0 Å². The van der Waals surface area contributed by atoms with Gasteiger partial charge in [-0.3, -0.25) is 4.57 Å². The highest BCUT2D eigenvalue weighted by molar-refractivity contribution is 7.53. The van der Waals surface area contributed by atoms with Crippen LogP contribution in [0.2, 0.25) is 0 Å². The summed E-state index contributed by atoms with van der Waals surface area (Å²) < 4.78 is 12.1. The maximum atomic E-state index is 11.8. The fraction of sp³-hybridized carbons (Fsp3) is 0.852. The largest absolute Gasteiger partial charge is 0.373 e. The number of aliphatic hydroxyl groups is 1. The number of allylic oxidation sites excluding steroid dienone is 4. The van der Waals surface area contributed by atoms with E-state index in [1.807, 2.05) is 27.2 Å². The second-order valence-corrected chi connectivity index (χ2v) is 12.6. The van der Waals surface area contributed by atoms with Crippen LogP contribution in [0, 0.1) is 0 Å². The quantitative estimate of drug-likeness (QED) is 0.0645. The molecule has 1 atom stereocenters. The molecule has 0 bridgehead atoms. The zero-order valence-corrected chi connectivity index (χ0v) is 23.1. The predicted molar refractivity (Wildman–Crippen MR) is 142 cm³/mol. The zero-order valence-electron chi connectivity index (χ0n) is 22.2. The van der Waals surface area contributed by atoms with Crippen molar-refractivity contribution in [3.63, 3.8) is 0 Å². The Morgan fingerprint density at radius 1 is 0.667 bits per heavy atom. The van der Waals surface area contributed by atoms with Gasteiger partial charge in [-0.25, -0.2) is 0 Å². The lowest BCUT2D eigenvalue weighted by molar-refractivity contribution is -0.875. The fourth-order valence-electron chi connectivity index (χ4n) is 4.14. The Labute approximate surface area is 205 Å². The van der Waals surface area contributed by atoms with Crippen molar-refractivity contribution >= 4 is 7.60 Å². The molecule has 6 heteroatoms. The summed E-state index contributed by atoms with van der Waals surface area (Å²) in [6.07, 6.45) is 28.6. The van der Waals surface area contributed by atoms with E-state index in [0.717, 1.165) is 19.3 Å². The first-order chi connectivity index (χ1) is 15.5. The molecule has 196 valence electrons. The van der Waals surface area contributed by atoms with Crippen LogP contribution in [0.4, 0.5) is 0 Å². The Hall–Kier alpha value is -0.450. The van der Waals surface area contributed by atoms with Crippen molar-refractivity contribution in [2.45, 2.75) is 121 Å². The third-order valence-electron chi connectivity index (χ3n) is 6.03. The Bertz CT molecular complexity index is 565. The van der Waals surface area contributed by atoms with Gasteiger partial charge < -0.3 is 19.4 Å². The molecule has 33 heavy (non-hydrogen) atoms. The van der Waals surface area contributed by atoms with Crippen molar-refractivity contribution in [2.75, 3.05) is 27.7 Å². The summed E-state index contributed by atoms with van der Waals surface area (Å²) in [5.74, 6) is 0. The van der Waals surface area contributed by atoms with Crippen LogP contribution in [0.3, 0.4) is 0 Å². The van der Waals surface area contributed by atoms with Crippen LogP contribution in [-0.2, 0) is 4.57 Å². The molecule has 5 nitrogen and oxygen atoms in total. The molecule has 1 unspecified atom stereocenters. The Morgan fingerprint density at radius 3 is 1.42 bits per heavy atom. The van der Waals surface area contributed by atoms with E-state index in [0.29, 0.717) is 10.9 Å². The topological polar surface area (TPSA) is 77.8 Å². The van der Waals surface area contributed by atoms with E-state index < -0.39 is 12.9 Å². The SMILES string of the molecule is CCCCCCCCCCC/C=C\CCCCC/C=C\CCC(O)(C[N+](C)(C)C)P(=O)(O)O. The summed E-state index contributed by atoms with van der Waals surface area (Å²) in [5, 5.41) is 8.55. The summed E-state index contributed by atoms with van der Waals surface area (Å²) in [5.41, 5.74) is 0. The molecule has 0 saturated carbocycles. The van der Waals surface area contributed by atoms with Gasteiger partial charge in [-0.2, -0.15) is 0 Å². The van der Waals surface area contributed by atoms with Crippen LogP contribution in [-0.4, -0.2) is 52.4 Å². The van der Waals surface area contributed by atoms with Crippen LogP contribution >= 0.6 is 7.60 Å². The van der Waals surface area contributed by atoms with Gasteiger partial charge in [0.15, 0.2) is 0 Å². The standard InChI is InChI=1S/C27H54NO4P/c1-5-6-7-8-9-10-11-12-13-14-15-16-17-18-19-20-21-22-23-24-25-27(29,33(30,31)32)26-28(2,3)4/h15-16,22-23,29H,5-14,17-21,24-26H2,1-4H3,(H-,30,31,32)/p+1/b16-15-,23-22-. The molecule has 0 radical (unpaired) electrons. The second-order valence-electron chi connectivity index (χ2n) is 10.7. The maximum absolute atomic E-state index is 11.8. The molecule has 0 aromatic carbocycles. The number of unbranched alkanes of at least 4 members (excludes halogenated alkanes) is 13. The van der Waals surface area contributed by atoms with Crippen molar-refractivity contribution in [3.05, 3.63) is 24.3 Å². The summed E-state index contributed by atoms with van der Waals surface area (Å²) in [7, 11) is 0.888. The monoisotopic (exact) mass is 488 g/mol. The molecule has 0 aromatic rings. The minimum atomic E-state index is -4.58. The van der Waals surface area contributed by atoms with E-state index in [2.05, 4.69) is 25.2 Å². The molecule has 0 fully saturated rings. The van der Waals surface area contributed by atoms with Gasteiger partial charge in [-0.15, -0.1) is 0 Å². The number of rotatable bonds is 22. The Morgan fingerprint density at radius 2 is 1.03 bits per heavy atom. The molecule has 0 aromatic heterocycles. The van der Waals surface area contributed by atoms with Gasteiger partial charge in [0.05, 0.1) is 21.1 Å². The van der Waals surface area contributed by atoms with Gasteiger partial charge in [0.2, 0.25) is 5.34 Å². The predicted octanol–water partition coefficient (Wildman–Crippen LogP) is 7.32. The molecule has 0 amide bonds. The highest BCUT2D eigenvalue weighted by Gasteiger charge is 2.48. The molecule has 0 saturated heterocycles. The Balaban J connectivity index is 3.68. The summed E-state index contributed by atoms with van der Waals surface area (Å²) in [4.78, 5) is 19.2. The first-order valence-corrected chi connectivity index (χ1v) is 15.0. The average Bonchev–Trinajstić information content (AvgIpc) is 2.70. The van der Waals surface area contributed by atoms with Crippen LogP contribution in [0.1, 0.15) is 116 Å². The van der Waals surface area contributed by atoms with Gasteiger partial charge in [-0.05, 0) is 51.4 Å². The normalized spacial score (nSPS) is 15.0. The van der Waals surface area contributed by atoms with E-state index >= 15 is 0 Å². The molecule has 0 spiro atoms. The zero-order chi connectivity index (χ0) is 25.1. The molecule has 3 N–H and O–H groups in total. The van der Waals surface area contributed by atoms with E-state index in [1.54, 1.807) is 0 Å². The van der Waals surface area contributed by atoms with Gasteiger partial charge in [0.1, 0.15) is 6.54 Å². The Kier molecular flexibility index (Phi) is 18.6. The van der Waals surface area contributed by atoms with Crippen molar-refractivity contribution in [1.82, 2.24) is 0 Å². The minimum absolute atomic E-state index is 0.0256. The van der Waals surface area contributed by atoms with E-state index in [1.165, 1.54) is 77.0 Å². The molecule has 0 aliphatic heterocycles. The third-order valence-corrected chi connectivity index (χ3v) is 7.48. The summed E-state index contributed by atoms with van der Waals surface area (Å²) in [6, 6.07) is 0. The summed E-state index contributed by atoms with van der Waals surface area (Å²) >= 11 is 0. The highest BCUT2D eigenvalue weighted by Crippen LogP contribution is 2.52. The first-order valence-electron chi connectivity index (χ1n) is 13.4. The van der Waals surface area contributed by atoms with Crippen LogP contribution in [0.25, 0.3) is 0 Å². The molecule has 0 aliphatic carbocycles. The maximum Gasteiger partial charge on any atom is 0.362 e. The van der Waals surface area contributed by atoms with E-state index in [4.69, 9.17) is 0 Å². The van der Waals surface area contributed by atoms with E-state index in [-0.39, 0.29) is 13.0 Å². The fourth-order valence-corrected chi connectivity index (χ4v) is 5.17. The highest BCUT2D eigenvalue weighted by atomic mass is 31.2. The number of nitrogens with zero attached hydrogens (tertiary/aromatic N) is 1. The van der Waals surface area contributed by atoms with Crippen LogP contribution in [0.15, 0.2) is 24.3 Å². The first kappa shape index (κ1) is 32.5. The van der Waals surface area contributed by atoms with Crippen molar-refractivity contribution in [2.24, 2.45) is 0 Å². The lowest BCUT2D eigenvalue weighted by Gasteiger charge is -2.35. The van der Waals surface area contributed by atoms with Gasteiger partial charge in [-0.1, -0.05) is 89.0 Å². The molecular weight excluding hydrogens is 433 g/mol. The summed E-state index contributed by atoms with van der Waals surface area (Å²) in [6.45, 7) is 2.29. The van der Waals surface area contributed by atoms with Gasteiger partial charge >= 0.3 is 7.60 Å². The molecular formula is C27H55NO4P+. The number of quaternary nitrogens is 1. The molecule has 0 heterocycles. The van der Waals surface area contributed by atoms with E-state index in [9.17, 15) is 19.5 Å². The number of hydrogen-bond donors (Lipinski definition) is 3. The van der Waals surface area contributed by atoms with Crippen molar-refractivity contribution < 1.29 is 23.9 Å². The second kappa shape index (κ2) is 18.8. The number of hydrogen-bond acceptors (Lipinski definition) is 2. The van der Waals surface area contributed by atoms with Gasteiger partial charge in [0.25, 0.3) is 0 Å². The third kappa shape index (κ3) is 19.5. The number of likely N-dealkylation sites (N-methyl/N-ethyl adjacent to an activating group) is 1. The van der Waals surface area contributed by atoms with Gasteiger partial charge in [0, 0.05) is 0 Å². The minimum Gasteiger partial charge on any atom is -0.373 e. The molecule has 0 aliphatic rings. The lowest BCUT2D eigenvalue weighted by atomic mass is 10.1.